The minimum atomic E-state index is -0.475. The lowest BCUT2D eigenvalue weighted by Gasteiger charge is -2.33. The molecule has 0 atom stereocenters. The Morgan fingerprint density at radius 2 is 0.404 bits per heavy atom. The molecule has 12 aromatic carbocycles. The maximum Gasteiger partial charge on any atom is 0.147 e. The number of ether oxygens (including phenoxy) is 8. The van der Waals surface area contributed by atoms with Gasteiger partial charge in [0.2, 0.25) is 0 Å². The summed E-state index contributed by atoms with van der Waals surface area (Å²) in [5, 5.41) is 1.18. The van der Waals surface area contributed by atoms with Gasteiger partial charge in [-0.1, -0.05) is 242 Å². The number of unbranched alkanes of at least 4 members (excludes halogenated alkanes) is 8. The summed E-state index contributed by atoms with van der Waals surface area (Å²) in [6, 6.07) is 92.6. The topological polar surface area (TPSA) is 73.8 Å². The lowest BCUT2D eigenvalue weighted by molar-refractivity contribution is 0.308. The van der Waals surface area contributed by atoms with Crippen LogP contribution in [0, 0.1) is 0 Å². The van der Waals surface area contributed by atoms with Gasteiger partial charge in [-0.15, -0.1) is 52.6 Å². The molecule has 0 aliphatic rings. The van der Waals surface area contributed by atoms with E-state index in [0.29, 0.717) is 74.4 Å². The molecule has 136 heavy (non-hydrogen) atoms. The third kappa shape index (κ3) is 31.2. The Labute approximate surface area is 871 Å². The number of hydrogen-bond donors (Lipinski definition) is 0. The average Bonchev–Trinajstić information content (AvgIpc) is 0.769. The van der Waals surface area contributed by atoms with Crippen LogP contribution in [0.15, 0.2) is 395 Å². The normalized spacial score (nSPS) is 11.1. The van der Waals surface area contributed by atoms with Crippen LogP contribution in [-0.2, 0) is 21.7 Å². The quantitative estimate of drug-likeness (QED) is 0.0212. The lowest BCUT2D eigenvalue weighted by Crippen LogP contribution is -2.25. The first-order valence-electron chi connectivity index (χ1n) is 46.5. The Bertz CT molecular complexity index is 5270. The van der Waals surface area contributed by atoms with Gasteiger partial charge in [0.05, 0.1) is 89.7 Å². The maximum atomic E-state index is 6.66. The van der Waals surface area contributed by atoms with Gasteiger partial charge in [0.1, 0.15) is 46.0 Å². The molecule has 0 unspecified atom stereocenters. The average molecular weight is 2250 g/mol. The summed E-state index contributed by atoms with van der Waals surface area (Å²) in [6.07, 6.45) is 30.4. The Morgan fingerprint density at radius 1 is 0.213 bits per heavy atom. The zero-order valence-corrected chi connectivity index (χ0v) is 90.0. The number of allylic oxidation sites excluding steroid dienone is 8. The van der Waals surface area contributed by atoms with E-state index in [9.17, 15) is 0 Å². The Morgan fingerprint density at radius 3 is 0.647 bits per heavy atom. The zero-order valence-electron chi connectivity index (χ0n) is 78.9. The molecule has 16 heteroatoms. The molecule has 12 aromatic rings. The van der Waals surface area contributed by atoms with E-state index in [1.807, 2.05) is 97.1 Å². The molecule has 0 saturated heterocycles. The second-order valence-electron chi connectivity index (χ2n) is 33.4. The molecule has 0 saturated carbocycles. The summed E-state index contributed by atoms with van der Waals surface area (Å²) in [4.78, 5) is 0. The van der Waals surface area contributed by atoms with Crippen LogP contribution in [0.5, 0.6) is 46.0 Å². The maximum absolute atomic E-state index is 6.66. The molecule has 0 radical (unpaired) electrons. The van der Waals surface area contributed by atoms with Crippen molar-refractivity contribution in [3.63, 3.8) is 0 Å². The highest BCUT2D eigenvalue weighted by molar-refractivity contribution is 9.11. The van der Waals surface area contributed by atoms with Gasteiger partial charge < -0.3 is 37.9 Å². The number of benzene rings is 12. The predicted octanol–water partition coefficient (Wildman–Crippen LogP) is 36.8. The number of rotatable bonds is 52. The van der Waals surface area contributed by atoms with E-state index in [-0.39, 0.29) is 10.8 Å². The van der Waals surface area contributed by atoms with E-state index < -0.39 is 10.8 Å². The summed E-state index contributed by atoms with van der Waals surface area (Å²) in [7, 11) is 0. The Kier molecular flexibility index (Phi) is 47.2. The summed E-state index contributed by atoms with van der Waals surface area (Å²) >= 11 is 35.9. The van der Waals surface area contributed by atoms with Crippen molar-refractivity contribution in [2.45, 2.75) is 152 Å². The van der Waals surface area contributed by atoms with Crippen molar-refractivity contribution in [3.8, 4) is 46.0 Å². The molecule has 0 bridgehead atoms. The van der Waals surface area contributed by atoms with Crippen LogP contribution in [0.1, 0.15) is 197 Å². The Hall–Kier alpha value is -9.58. The standard InChI is InChI=1S/C30H30Br4O2.C30H32Br2O2.C30H32Cl2O2.C30H34O2/c1-4-6-11-15-35-28-24(31)17-22(18-25(28)32)30(3,21-13-9-8-10-14-21)23-19-26(33)29(27(34)20-23)36-16-12-7-5-2;2*1-4-6-11-19-33-28-17-15-24(21-26(28)31)30(3,23-13-9-8-10-14-23)25-16-18-29(27(32)22-25)34-20-12-7-5-2;1-4-6-11-23-31-28-19-15-26(16-20-28)30(3,25-13-9-8-10-14-25)27-17-21-29(22-18-27)32-24-12-7-5-2/h4-5,8-10,13-14,17-20H,1-2,6-7,11-12,15-16H2,3H3;2*4-5,8-10,13-18,21-22H,1-2,6-7,11-12,19-20H2,3H3;4-5,8-10,13-22H,1-2,6-7,11-12,23-24H2,3H3. The van der Waals surface area contributed by atoms with Crippen molar-refractivity contribution in [3.05, 3.63) is 472 Å². The smallest absolute Gasteiger partial charge is 0.147 e. The summed E-state index contributed by atoms with van der Waals surface area (Å²) in [5.74, 6) is 6.50. The molecule has 712 valence electrons. The summed E-state index contributed by atoms with van der Waals surface area (Å²) < 4.78 is 53.2. The van der Waals surface area contributed by atoms with Gasteiger partial charge in [0.25, 0.3) is 0 Å². The van der Waals surface area contributed by atoms with Crippen molar-refractivity contribution < 1.29 is 37.9 Å². The van der Waals surface area contributed by atoms with Crippen molar-refractivity contribution in [1.29, 1.82) is 0 Å². The zero-order chi connectivity index (χ0) is 97.6. The van der Waals surface area contributed by atoms with Crippen LogP contribution in [0.25, 0.3) is 0 Å². The molecule has 0 heterocycles. The van der Waals surface area contributed by atoms with Gasteiger partial charge in [-0.2, -0.15) is 0 Å². The minimum Gasteiger partial charge on any atom is -0.494 e. The fourth-order valence-electron chi connectivity index (χ4n) is 15.8. The van der Waals surface area contributed by atoms with Crippen LogP contribution in [0.3, 0.4) is 0 Å². The molecular weight excluding hydrogens is 2120 g/mol. The molecule has 0 amide bonds. The van der Waals surface area contributed by atoms with Crippen molar-refractivity contribution >= 4 is 119 Å². The van der Waals surface area contributed by atoms with E-state index in [1.54, 1.807) is 0 Å². The third-order valence-corrected chi connectivity index (χ3v) is 28.1. The lowest BCUT2D eigenvalue weighted by atomic mass is 9.71. The number of hydrogen-bond acceptors (Lipinski definition) is 8. The molecular formula is C120H128Br6Cl2O8. The van der Waals surface area contributed by atoms with Gasteiger partial charge in [0, 0.05) is 21.7 Å². The highest BCUT2D eigenvalue weighted by atomic mass is 79.9. The first kappa shape index (κ1) is 110. The van der Waals surface area contributed by atoms with Gasteiger partial charge in [-0.05, 0) is 390 Å². The molecule has 0 aliphatic heterocycles. The second kappa shape index (κ2) is 58.3. The molecule has 8 nitrogen and oxygen atoms in total. The SMILES string of the molecule is C=CCCCOc1c(Br)cc(C(C)(c2ccccc2)c2cc(Br)c(OCCCC=C)c(Br)c2)cc1Br.C=CCCCOc1ccc(C(C)(c2ccccc2)c2ccc(OCCCC=C)c(Br)c2)cc1Br.C=CCCCOc1ccc(C(C)(c2ccccc2)c2ccc(OCCCC=C)c(Cl)c2)cc1Cl.C=CCCCOc1ccc(C(C)(c2ccccc2)c2ccc(OCCCC=C)cc2)cc1. The number of halogens is 8. The second-order valence-corrected chi connectivity index (χ2v) is 39.3. The van der Waals surface area contributed by atoms with Crippen LogP contribution in [-0.4, -0.2) is 52.9 Å². The van der Waals surface area contributed by atoms with Crippen molar-refractivity contribution in [2.75, 3.05) is 52.9 Å². The van der Waals surface area contributed by atoms with Crippen LogP contribution in [0.2, 0.25) is 10.0 Å². The van der Waals surface area contributed by atoms with E-state index in [4.69, 9.17) is 61.1 Å². The van der Waals surface area contributed by atoms with Gasteiger partial charge in [-0.25, -0.2) is 0 Å². The molecule has 12 rings (SSSR count). The largest absolute Gasteiger partial charge is 0.494 e. The van der Waals surface area contributed by atoms with E-state index in [2.05, 4.69) is 394 Å². The highest BCUT2D eigenvalue weighted by Gasteiger charge is 2.38. The van der Waals surface area contributed by atoms with Crippen LogP contribution in [0.4, 0.5) is 0 Å². The first-order valence-corrected chi connectivity index (χ1v) is 52.0. The monoisotopic (exact) mass is 2240 g/mol. The molecule has 0 aromatic heterocycles. The van der Waals surface area contributed by atoms with Gasteiger partial charge in [0.15, 0.2) is 0 Å². The van der Waals surface area contributed by atoms with E-state index in [0.717, 1.165) is 192 Å². The van der Waals surface area contributed by atoms with Gasteiger partial charge in [-0.3, -0.25) is 0 Å². The Balaban J connectivity index is 0.000000203. The fraction of sp³-hybridized carbons (Fsp3) is 0.267. The van der Waals surface area contributed by atoms with Gasteiger partial charge >= 0.3 is 0 Å². The summed E-state index contributed by atoms with van der Waals surface area (Å²) in [5.41, 5.74) is 12.4. The fourth-order valence-corrected chi connectivity index (χ4v) is 20.1. The van der Waals surface area contributed by atoms with Crippen LogP contribution >= 0.6 is 119 Å². The molecule has 0 aliphatic carbocycles. The van der Waals surface area contributed by atoms with E-state index >= 15 is 0 Å². The molecule has 0 fully saturated rings. The van der Waals surface area contributed by atoms with E-state index in [1.165, 1.54) is 38.9 Å². The van der Waals surface area contributed by atoms with Crippen molar-refractivity contribution in [1.82, 2.24) is 0 Å². The molecule has 0 N–H and O–H groups in total. The van der Waals surface area contributed by atoms with Crippen LogP contribution < -0.4 is 37.9 Å². The minimum absolute atomic E-state index is 0.288. The molecule has 0 spiro atoms. The first-order chi connectivity index (χ1) is 66.0. The third-order valence-electron chi connectivity index (χ3n) is 23.9. The summed E-state index contributed by atoms with van der Waals surface area (Å²) in [6.45, 7) is 44.3. The predicted molar refractivity (Wildman–Crippen MR) is 595 cm³/mol. The highest BCUT2D eigenvalue weighted by Crippen LogP contribution is 2.50. The van der Waals surface area contributed by atoms with Crippen molar-refractivity contribution in [2.24, 2.45) is 0 Å².